The number of nitrogens with one attached hydrogen (secondary N) is 1. The van der Waals surface area contributed by atoms with E-state index in [4.69, 9.17) is 4.74 Å². The van der Waals surface area contributed by atoms with E-state index >= 15 is 0 Å². The van der Waals surface area contributed by atoms with E-state index in [0.29, 0.717) is 6.10 Å². The molecule has 104 valence electrons. The molecule has 0 radical (unpaired) electrons. The van der Waals surface area contributed by atoms with E-state index in [2.05, 4.69) is 42.2 Å². The monoisotopic (exact) mass is 268 g/mol. The maximum Gasteiger partial charge on any atom is 0.122 e. The number of nitrogens with zero attached hydrogens (tertiary/aromatic N) is 1. The summed E-state index contributed by atoms with van der Waals surface area (Å²) in [6.07, 6.45) is 9.26. The molecule has 1 aliphatic heterocycles. The summed E-state index contributed by atoms with van der Waals surface area (Å²) in [5.41, 5.74) is 6.89. The Balaban J connectivity index is 1.77. The Labute approximate surface area is 120 Å². The minimum absolute atomic E-state index is 0.399. The van der Waals surface area contributed by atoms with Crippen molar-refractivity contribution in [1.82, 2.24) is 5.43 Å². The van der Waals surface area contributed by atoms with Crippen LogP contribution in [-0.4, -0.2) is 11.8 Å². The van der Waals surface area contributed by atoms with Crippen molar-refractivity contribution in [2.75, 3.05) is 0 Å². The highest BCUT2D eigenvalue weighted by Crippen LogP contribution is 2.27. The van der Waals surface area contributed by atoms with Crippen LogP contribution in [0.15, 0.2) is 47.7 Å². The summed E-state index contributed by atoms with van der Waals surface area (Å²) in [5.74, 6) is 0.999. The number of benzene rings is 1. The number of ether oxygens (including phenoxy) is 1. The molecule has 3 heteroatoms. The van der Waals surface area contributed by atoms with Crippen molar-refractivity contribution in [1.29, 1.82) is 0 Å². The zero-order valence-electron chi connectivity index (χ0n) is 11.9. The smallest absolute Gasteiger partial charge is 0.122 e. The zero-order valence-corrected chi connectivity index (χ0v) is 11.9. The molecular formula is C17H20N2O. The van der Waals surface area contributed by atoms with Crippen molar-refractivity contribution < 1.29 is 4.74 Å². The predicted molar refractivity (Wildman–Crippen MR) is 82.0 cm³/mol. The lowest BCUT2D eigenvalue weighted by Gasteiger charge is -2.16. The van der Waals surface area contributed by atoms with Gasteiger partial charge in [-0.25, -0.2) is 0 Å². The first-order valence-electron chi connectivity index (χ1n) is 7.21. The molecule has 1 aliphatic carbocycles. The first-order chi connectivity index (χ1) is 9.72. The lowest BCUT2D eigenvalue weighted by atomic mass is 10.1. The molecule has 1 fully saturated rings. The van der Waals surface area contributed by atoms with Gasteiger partial charge in [0.15, 0.2) is 0 Å². The van der Waals surface area contributed by atoms with Crippen molar-refractivity contribution in [2.45, 2.75) is 38.7 Å². The van der Waals surface area contributed by atoms with Gasteiger partial charge in [0.05, 0.1) is 11.8 Å². The minimum Gasteiger partial charge on any atom is -0.490 e. The molecule has 20 heavy (non-hydrogen) atoms. The van der Waals surface area contributed by atoms with Crippen LogP contribution in [0.2, 0.25) is 0 Å². The zero-order chi connectivity index (χ0) is 13.9. The third kappa shape index (κ3) is 2.77. The summed E-state index contributed by atoms with van der Waals surface area (Å²) in [6.45, 7) is 5.90. The molecule has 3 rings (SSSR count). The van der Waals surface area contributed by atoms with E-state index in [0.717, 1.165) is 28.3 Å². The van der Waals surface area contributed by atoms with E-state index < -0.39 is 0 Å². The Morgan fingerprint density at radius 3 is 2.70 bits per heavy atom. The molecule has 3 nitrogen and oxygen atoms in total. The summed E-state index contributed by atoms with van der Waals surface area (Å²) >= 11 is 0. The normalized spacial score (nSPS) is 18.9. The second kappa shape index (κ2) is 5.53. The number of hydrogen-bond acceptors (Lipinski definition) is 3. The number of hydrazone groups is 1. The van der Waals surface area contributed by atoms with E-state index in [9.17, 15) is 0 Å². The Bertz CT molecular complexity index is 581. The van der Waals surface area contributed by atoms with Crippen LogP contribution in [0.4, 0.5) is 0 Å². The van der Waals surface area contributed by atoms with Crippen LogP contribution in [-0.2, 0) is 0 Å². The summed E-state index contributed by atoms with van der Waals surface area (Å²) in [4.78, 5) is 0. The number of allylic oxidation sites excluding steroid dienone is 2. The highest BCUT2D eigenvalue weighted by Gasteiger charge is 2.17. The molecule has 1 aromatic carbocycles. The second-order valence-corrected chi connectivity index (χ2v) is 5.47. The fourth-order valence-electron chi connectivity index (χ4n) is 2.67. The summed E-state index contributed by atoms with van der Waals surface area (Å²) < 4.78 is 6.08. The summed E-state index contributed by atoms with van der Waals surface area (Å²) in [6, 6.07) is 6.25. The molecular weight excluding hydrogens is 248 g/mol. The van der Waals surface area contributed by atoms with Gasteiger partial charge in [-0.2, -0.15) is 5.10 Å². The van der Waals surface area contributed by atoms with Gasteiger partial charge in [-0.15, -0.1) is 0 Å². The quantitative estimate of drug-likeness (QED) is 0.907. The lowest BCUT2D eigenvalue weighted by Crippen LogP contribution is -2.14. The average Bonchev–Trinajstić information content (AvgIpc) is 2.95. The number of rotatable bonds is 3. The average molecular weight is 268 g/mol. The first kappa shape index (κ1) is 13.0. The van der Waals surface area contributed by atoms with Crippen molar-refractivity contribution in [3.05, 3.63) is 53.8 Å². The Kier molecular flexibility index (Phi) is 3.59. The van der Waals surface area contributed by atoms with Crippen LogP contribution in [0.3, 0.4) is 0 Å². The van der Waals surface area contributed by atoms with Crippen molar-refractivity contribution in [2.24, 2.45) is 5.10 Å². The lowest BCUT2D eigenvalue weighted by molar-refractivity contribution is 0.208. The van der Waals surface area contributed by atoms with E-state index in [1.807, 2.05) is 12.2 Å². The van der Waals surface area contributed by atoms with Crippen LogP contribution >= 0.6 is 0 Å². The Morgan fingerprint density at radius 2 is 2.05 bits per heavy atom. The second-order valence-electron chi connectivity index (χ2n) is 5.47. The third-order valence-electron chi connectivity index (χ3n) is 3.83. The van der Waals surface area contributed by atoms with Crippen LogP contribution in [0.1, 0.15) is 36.8 Å². The highest BCUT2D eigenvalue weighted by atomic mass is 16.5. The summed E-state index contributed by atoms with van der Waals surface area (Å²) in [5, 5.41) is 4.29. The molecule has 2 aliphatic rings. The Hall–Kier alpha value is -2.03. The van der Waals surface area contributed by atoms with Gasteiger partial charge < -0.3 is 4.74 Å². The molecule has 0 aromatic heterocycles. The van der Waals surface area contributed by atoms with Crippen LogP contribution in [0, 0.1) is 6.92 Å². The van der Waals surface area contributed by atoms with Gasteiger partial charge in [0.25, 0.3) is 0 Å². The Morgan fingerprint density at radius 1 is 1.25 bits per heavy atom. The van der Waals surface area contributed by atoms with Crippen molar-refractivity contribution >= 4 is 5.71 Å². The van der Waals surface area contributed by atoms with Gasteiger partial charge in [0.2, 0.25) is 0 Å². The maximum atomic E-state index is 6.08. The SMILES string of the molecule is C=C1C=CC(c2ccc(OC3CCCC3)c(C)c2)=NN1. The molecule has 1 saturated carbocycles. The van der Waals surface area contributed by atoms with Gasteiger partial charge in [-0.05, 0) is 68.5 Å². The fraction of sp³-hybridized carbons (Fsp3) is 0.353. The number of aryl methyl sites for hydroxylation is 1. The topological polar surface area (TPSA) is 33.6 Å². The van der Waals surface area contributed by atoms with Gasteiger partial charge in [-0.1, -0.05) is 6.58 Å². The van der Waals surface area contributed by atoms with Gasteiger partial charge in [-0.3, -0.25) is 5.43 Å². The van der Waals surface area contributed by atoms with Crippen LogP contribution < -0.4 is 10.2 Å². The van der Waals surface area contributed by atoms with Crippen LogP contribution in [0.5, 0.6) is 5.75 Å². The van der Waals surface area contributed by atoms with Crippen molar-refractivity contribution in [3.8, 4) is 5.75 Å². The highest BCUT2D eigenvalue weighted by molar-refractivity contribution is 6.09. The van der Waals surface area contributed by atoms with Crippen molar-refractivity contribution in [3.63, 3.8) is 0 Å². The third-order valence-corrected chi connectivity index (χ3v) is 3.83. The molecule has 0 bridgehead atoms. The van der Waals surface area contributed by atoms with Gasteiger partial charge in [0, 0.05) is 11.3 Å². The predicted octanol–water partition coefficient (Wildman–Crippen LogP) is 3.69. The molecule has 1 N–H and O–H groups in total. The molecule has 0 atom stereocenters. The maximum absolute atomic E-state index is 6.08. The van der Waals surface area contributed by atoms with E-state index in [1.165, 1.54) is 25.7 Å². The minimum atomic E-state index is 0.399. The van der Waals surface area contributed by atoms with E-state index in [-0.39, 0.29) is 0 Å². The molecule has 0 spiro atoms. The van der Waals surface area contributed by atoms with Gasteiger partial charge in [0.1, 0.15) is 5.75 Å². The molecule has 1 heterocycles. The molecule has 0 amide bonds. The van der Waals surface area contributed by atoms with Crippen LogP contribution in [0.25, 0.3) is 0 Å². The fourth-order valence-corrected chi connectivity index (χ4v) is 2.67. The largest absolute Gasteiger partial charge is 0.490 e. The van der Waals surface area contributed by atoms with E-state index in [1.54, 1.807) is 0 Å². The standard InChI is InChI=1S/C17H20N2O/c1-12-11-14(16-9-7-13(2)18-19-16)8-10-17(12)20-15-5-3-4-6-15/h7-11,15,18H,2-6H2,1H3. The first-order valence-corrected chi connectivity index (χ1v) is 7.21. The van der Waals surface area contributed by atoms with Gasteiger partial charge >= 0.3 is 0 Å². The molecule has 0 saturated heterocycles. The molecule has 0 unspecified atom stereocenters. The summed E-state index contributed by atoms with van der Waals surface area (Å²) in [7, 11) is 0. The number of hydrogen-bond donors (Lipinski definition) is 1. The molecule has 1 aromatic rings.